The third-order valence-corrected chi connectivity index (χ3v) is 8.19. The van der Waals surface area contributed by atoms with Crippen molar-refractivity contribution in [3.05, 3.63) is 52.8 Å². The summed E-state index contributed by atoms with van der Waals surface area (Å²) in [7, 11) is 1.66. The Balaban J connectivity index is 1.41. The Morgan fingerprint density at radius 1 is 1.15 bits per heavy atom. The number of carbonyl (C=O) groups excluding carboxylic acids is 2. The van der Waals surface area contributed by atoms with E-state index in [1.54, 1.807) is 19.3 Å². The first-order valence-corrected chi connectivity index (χ1v) is 14.2. The van der Waals surface area contributed by atoms with Crippen molar-refractivity contribution in [3.63, 3.8) is 0 Å². The molecule has 3 amide bonds. The molecule has 2 N–H and O–H groups in total. The average molecular weight is 555 g/mol. The van der Waals surface area contributed by atoms with Gasteiger partial charge in [0.25, 0.3) is 0 Å². The monoisotopic (exact) mass is 554 g/mol. The van der Waals surface area contributed by atoms with E-state index < -0.39 is 0 Å². The van der Waals surface area contributed by atoms with Crippen LogP contribution in [0.5, 0.6) is 0 Å². The summed E-state index contributed by atoms with van der Waals surface area (Å²) in [5.41, 5.74) is 6.59. The van der Waals surface area contributed by atoms with Gasteiger partial charge in [-0.3, -0.25) is 9.48 Å². The number of pyridine rings is 1. The second-order valence-electron chi connectivity index (χ2n) is 10.8. The first-order chi connectivity index (χ1) is 20.0. The van der Waals surface area contributed by atoms with E-state index in [0.717, 1.165) is 85.6 Å². The van der Waals surface area contributed by atoms with Gasteiger partial charge in [-0.05, 0) is 55.5 Å². The molecule has 0 spiro atoms. The maximum atomic E-state index is 12.6. The van der Waals surface area contributed by atoms with E-state index in [0.29, 0.717) is 24.5 Å². The Morgan fingerprint density at radius 3 is 2.68 bits per heavy atom. The maximum absolute atomic E-state index is 12.6. The number of fused-ring (bicyclic) bond motifs is 2. The third-order valence-electron chi connectivity index (χ3n) is 8.19. The third kappa shape index (κ3) is 5.11. The second-order valence-corrected chi connectivity index (χ2v) is 10.8. The first kappa shape index (κ1) is 26.8. The number of hydrogen-bond donors (Lipinski definition) is 2. The van der Waals surface area contributed by atoms with Gasteiger partial charge in [0, 0.05) is 81.0 Å². The van der Waals surface area contributed by atoms with Gasteiger partial charge >= 0.3 is 6.03 Å². The molecule has 11 heteroatoms. The molecule has 0 unspecified atom stereocenters. The van der Waals surface area contributed by atoms with E-state index in [9.17, 15) is 14.9 Å². The molecule has 11 nitrogen and oxygen atoms in total. The van der Waals surface area contributed by atoms with Crippen molar-refractivity contribution in [1.82, 2.24) is 25.0 Å². The SMILES string of the molecule is CNC(=O)N1CCc2c(c(N3CCCc4cc(-c5ccc(NC(C)=O)nc5)c(C#N)cc43)nn2C2CCOCC2)C1. The van der Waals surface area contributed by atoms with Crippen molar-refractivity contribution in [2.45, 2.75) is 51.6 Å². The number of aromatic nitrogens is 3. The van der Waals surface area contributed by atoms with Crippen molar-refractivity contribution in [2.75, 3.05) is 43.6 Å². The summed E-state index contributed by atoms with van der Waals surface area (Å²) >= 11 is 0. The minimum Gasteiger partial charge on any atom is -0.381 e. The number of nitriles is 1. The van der Waals surface area contributed by atoms with Gasteiger partial charge in [-0.25, -0.2) is 9.78 Å². The lowest BCUT2D eigenvalue weighted by atomic mass is 9.92. The fourth-order valence-corrected chi connectivity index (χ4v) is 6.20. The molecule has 212 valence electrons. The normalized spacial score (nSPS) is 16.9. The number of aryl methyl sites for hydroxylation is 1. The Labute approximate surface area is 239 Å². The Hall–Kier alpha value is -4.43. The van der Waals surface area contributed by atoms with E-state index in [4.69, 9.17) is 9.84 Å². The molecule has 0 atom stereocenters. The maximum Gasteiger partial charge on any atom is 0.317 e. The molecule has 2 aromatic heterocycles. The fraction of sp³-hybridized carbons (Fsp3) is 0.433. The Bertz CT molecular complexity index is 1520. The minimum absolute atomic E-state index is 0.0889. The van der Waals surface area contributed by atoms with Crippen molar-refractivity contribution in [3.8, 4) is 17.2 Å². The second kappa shape index (κ2) is 11.2. The Kier molecular flexibility index (Phi) is 7.32. The van der Waals surface area contributed by atoms with E-state index in [-0.39, 0.29) is 18.0 Å². The van der Waals surface area contributed by atoms with Gasteiger partial charge in [0.2, 0.25) is 5.91 Å². The van der Waals surface area contributed by atoms with Crippen molar-refractivity contribution in [2.24, 2.45) is 0 Å². The number of rotatable bonds is 4. The van der Waals surface area contributed by atoms with Crippen LogP contribution in [-0.4, -0.2) is 65.0 Å². The highest BCUT2D eigenvalue weighted by Crippen LogP contribution is 2.41. The van der Waals surface area contributed by atoms with E-state index in [1.807, 2.05) is 17.0 Å². The summed E-state index contributed by atoms with van der Waals surface area (Å²) in [6.07, 6.45) is 6.09. The highest BCUT2D eigenvalue weighted by atomic mass is 16.5. The van der Waals surface area contributed by atoms with E-state index in [2.05, 4.69) is 37.3 Å². The summed E-state index contributed by atoms with van der Waals surface area (Å²) in [6, 6.07) is 10.2. The molecule has 3 aliphatic heterocycles. The number of nitrogens with zero attached hydrogens (tertiary/aromatic N) is 6. The lowest BCUT2D eigenvalue weighted by Gasteiger charge is -2.33. The minimum atomic E-state index is -0.184. The van der Waals surface area contributed by atoms with E-state index in [1.165, 1.54) is 12.6 Å². The van der Waals surface area contributed by atoms with Gasteiger partial charge in [0.1, 0.15) is 5.82 Å². The number of hydrogen-bond acceptors (Lipinski definition) is 7. The van der Waals surface area contributed by atoms with Crippen molar-refractivity contribution < 1.29 is 14.3 Å². The number of nitrogens with one attached hydrogen (secondary N) is 2. The summed E-state index contributed by atoms with van der Waals surface area (Å²) in [5, 5.41) is 20.9. The number of ether oxygens (including phenoxy) is 1. The number of amides is 3. The van der Waals surface area contributed by atoms with Gasteiger partial charge in [0.05, 0.1) is 24.2 Å². The number of urea groups is 1. The zero-order valence-corrected chi connectivity index (χ0v) is 23.4. The zero-order valence-electron chi connectivity index (χ0n) is 23.4. The molecule has 3 aliphatic rings. The van der Waals surface area contributed by atoms with Gasteiger partial charge < -0.3 is 25.2 Å². The molecule has 1 saturated heterocycles. The molecule has 0 radical (unpaired) electrons. The molecule has 3 aromatic rings. The zero-order chi connectivity index (χ0) is 28.5. The van der Waals surface area contributed by atoms with E-state index >= 15 is 0 Å². The molecule has 41 heavy (non-hydrogen) atoms. The summed E-state index contributed by atoms with van der Waals surface area (Å²) < 4.78 is 7.83. The highest BCUT2D eigenvalue weighted by Gasteiger charge is 2.34. The topological polar surface area (TPSA) is 128 Å². The smallest absolute Gasteiger partial charge is 0.317 e. The van der Waals surface area contributed by atoms with Crippen LogP contribution in [0.15, 0.2) is 30.5 Å². The van der Waals surface area contributed by atoms with Crippen molar-refractivity contribution >= 4 is 29.3 Å². The lowest BCUT2D eigenvalue weighted by molar-refractivity contribution is -0.114. The van der Waals surface area contributed by atoms with Gasteiger partial charge in [-0.2, -0.15) is 10.4 Å². The van der Waals surface area contributed by atoms with Crippen LogP contribution in [0.3, 0.4) is 0 Å². The molecular weight excluding hydrogens is 520 g/mol. The molecule has 6 rings (SSSR count). The molecule has 5 heterocycles. The summed E-state index contributed by atoms with van der Waals surface area (Å²) in [5.74, 6) is 1.16. The van der Waals surface area contributed by atoms with Crippen LogP contribution >= 0.6 is 0 Å². The Morgan fingerprint density at radius 2 is 1.98 bits per heavy atom. The first-order valence-electron chi connectivity index (χ1n) is 14.2. The van der Waals surface area contributed by atoms with Crippen molar-refractivity contribution in [1.29, 1.82) is 5.26 Å². The average Bonchev–Trinajstić information content (AvgIpc) is 3.39. The predicted molar refractivity (Wildman–Crippen MR) is 154 cm³/mol. The quantitative estimate of drug-likeness (QED) is 0.500. The van der Waals surface area contributed by atoms with Gasteiger partial charge in [0.15, 0.2) is 5.82 Å². The standard InChI is InChI=1S/C30H34N8O3/c1-19(39)34-28-6-5-21(17-33-28)24-14-20-4-3-10-37(27(20)15-22(24)16-31)29-25-18-36(30(40)32-2)11-7-26(25)38(35-29)23-8-12-41-13-9-23/h5-6,14-15,17,23H,3-4,7-13,18H2,1-2H3,(H,32,40)(H,33,34,39). The molecule has 1 aromatic carbocycles. The molecule has 1 fully saturated rings. The van der Waals surface area contributed by atoms with Crippen LogP contribution in [0.25, 0.3) is 11.1 Å². The number of carbonyl (C=O) groups is 2. The fourth-order valence-electron chi connectivity index (χ4n) is 6.20. The predicted octanol–water partition coefficient (Wildman–Crippen LogP) is 3.91. The van der Waals surface area contributed by atoms with Crippen LogP contribution < -0.4 is 15.5 Å². The van der Waals surface area contributed by atoms with Crippen LogP contribution in [-0.2, 0) is 28.9 Å². The van der Waals surface area contributed by atoms with Gasteiger partial charge in [-0.15, -0.1) is 0 Å². The lowest BCUT2D eigenvalue weighted by Crippen LogP contribution is -2.42. The largest absolute Gasteiger partial charge is 0.381 e. The molecular formula is C30H34N8O3. The number of anilines is 3. The number of benzene rings is 1. The summed E-state index contributed by atoms with van der Waals surface area (Å²) in [4.78, 5) is 32.4. The van der Waals surface area contributed by atoms with Gasteiger partial charge in [-0.1, -0.05) is 0 Å². The highest BCUT2D eigenvalue weighted by molar-refractivity contribution is 5.88. The molecule has 0 aliphatic carbocycles. The molecule has 0 saturated carbocycles. The molecule has 0 bridgehead atoms. The van der Waals surface area contributed by atoms with Crippen LogP contribution in [0.1, 0.15) is 54.6 Å². The summed E-state index contributed by atoms with van der Waals surface area (Å²) in [6.45, 7) is 4.81. The van der Waals surface area contributed by atoms with Crippen LogP contribution in [0.4, 0.5) is 22.1 Å². The van der Waals surface area contributed by atoms with Crippen LogP contribution in [0, 0.1) is 11.3 Å². The van der Waals surface area contributed by atoms with Crippen LogP contribution in [0.2, 0.25) is 0 Å².